The molecule has 0 unspecified atom stereocenters. The van der Waals surface area contributed by atoms with Crippen molar-refractivity contribution in [3.05, 3.63) is 28.8 Å². The van der Waals surface area contributed by atoms with Crippen molar-refractivity contribution in [1.82, 2.24) is 5.32 Å². The van der Waals surface area contributed by atoms with Crippen LogP contribution in [0.5, 0.6) is 0 Å². The van der Waals surface area contributed by atoms with Crippen LogP contribution in [0.25, 0.3) is 0 Å². The van der Waals surface area contributed by atoms with Crippen LogP contribution in [0.15, 0.2) is 18.2 Å². The molecule has 1 aliphatic carbocycles. The van der Waals surface area contributed by atoms with Crippen molar-refractivity contribution in [1.29, 1.82) is 0 Å². The lowest BCUT2D eigenvalue weighted by Crippen LogP contribution is -2.36. The molecule has 1 aliphatic rings. The van der Waals surface area contributed by atoms with E-state index in [0.29, 0.717) is 11.1 Å². The summed E-state index contributed by atoms with van der Waals surface area (Å²) in [5, 5.41) is 13.0. The van der Waals surface area contributed by atoms with Crippen molar-refractivity contribution in [3.63, 3.8) is 0 Å². The molecule has 19 heavy (non-hydrogen) atoms. The van der Waals surface area contributed by atoms with Gasteiger partial charge in [-0.25, -0.2) is 0 Å². The summed E-state index contributed by atoms with van der Waals surface area (Å²) in [6, 6.07) is 5.75. The molecule has 0 aromatic heterocycles. The van der Waals surface area contributed by atoms with Gasteiger partial charge in [0, 0.05) is 13.1 Å². The maximum atomic E-state index is 11.7. The molecule has 1 aromatic rings. The normalized spacial score (nSPS) is 16.0. The summed E-state index contributed by atoms with van der Waals surface area (Å²) < 4.78 is 0. The number of benzene rings is 1. The minimum Gasteiger partial charge on any atom is -0.389 e. The number of carbonyl (C=O) groups is 1. The standard InChI is InChI=1S/C14H19ClN2O2/c1-9(18)10-3-6-13(12(15)7-10)17(2)8-14(19)16-11-4-5-11/h3,6-7,9,11,18H,4-5,8H2,1-2H3,(H,16,19)/t9-/m0/s1. The van der Waals surface area contributed by atoms with Crippen LogP contribution < -0.4 is 10.2 Å². The second kappa shape index (κ2) is 5.80. The van der Waals surface area contributed by atoms with E-state index in [9.17, 15) is 9.90 Å². The maximum absolute atomic E-state index is 11.7. The van der Waals surface area contributed by atoms with Crippen LogP contribution in [0.4, 0.5) is 5.69 Å². The number of amides is 1. The van der Waals surface area contributed by atoms with E-state index in [0.717, 1.165) is 24.1 Å². The highest BCUT2D eigenvalue weighted by Gasteiger charge is 2.23. The van der Waals surface area contributed by atoms with Crippen LogP contribution >= 0.6 is 11.6 Å². The maximum Gasteiger partial charge on any atom is 0.239 e. The number of rotatable bonds is 5. The van der Waals surface area contributed by atoms with E-state index in [2.05, 4.69) is 5.32 Å². The Bertz CT molecular complexity index is 473. The second-order valence-corrected chi connectivity index (χ2v) is 5.49. The number of hydrogen-bond acceptors (Lipinski definition) is 3. The molecule has 5 heteroatoms. The van der Waals surface area contributed by atoms with Crippen LogP contribution in [0, 0.1) is 0 Å². The van der Waals surface area contributed by atoms with Gasteiger partial charge in [-0.3, -0.25) is 4.79 Å². The smallest absolute Gasteiger partial charge is 0.239 e. The molecule has 104 valence electrons. The Morgan fingerprint density at radius 1 is 1.58 bits per heavy atom. The van der Waals surface area contributed by atoms with Crippen LogP contribution in [-0.4, -0.2) is 30.6 Å². The first-order chi connectivity index (χ1) is 8.97. The number of anilines is 1. The lowest BCUT2D eigenvalue weighted by atomic mass is 10.1. The highest BCUT2D eigenvalue weighted by molar-refractivity contribution is 6.33. The van der Waals surface area contributed by atoms with Gasteiger partial charge in [-0.1, -0.05) is 17.7 Å². The van der Waals surface area contributed by atoms with Gasteiger partial charge in [0.25, 0.3) is 0 Å². The number of aliphatic hydroxyl groups is 1. The Balaban J connectivity index is 2.01. The molecule has 0 aliphatic heterocycles. The highest BCUT2D eigenvalue weighted by Crippen LogP contribution is 2.28. The molecule has 0 bridgehead atoms. The number of carbonyl (C=O) groups excluding carboxylic acids is 1. The molecule has 0 spiro atoms. The van der Waals surface area contributed by atoms with E-state index in [1.165, 1.54) is 0 Å². The minimum absolute atomic E-state index is 0.0145. The molecule has 1 fully saturated rings. The largest absolute Gasteiger partial charge is 0.389 e. The molecule has 1 saturated carbocycles. The quantitative estimate of drug-likeness (QED) is 0.870. The van der Waals surface area contributed by atoms with E-state index in [4.69, 9.17) is 11.6 Å². The number of nitrogens with zero attached hydrogens (tertiary/aromatic N) is 1. The first-order valence-electron chi connectivity index (χ1n) is 6.45. The summed E-state index contributed by atoms with van der Waals surface area (Å²) in [6.45, 7) is 1.97. The van der Waals surface area contributed by atoms with Gasteiger partial charge in [0.05, 0.1) is 23.4 Å². The molecule has 2 N–H and O–H groups in total. The third kappa shape index (κ3) is 3.85. The molecule has 1 aromatic carbocycles. The summed E-state index contributed by atoms with van der Waals surface area (Å²) in [7, 11) is 1.83. The molecule has 2 rings (SSSR count). The lowest BCUT2D eigenvalue weighted by molar-refractivity contribution is -0.119. The van der Waals surface area contributed by atoms with Crippen molar-refractivity contribution in [2.75, 3.05) is 18.5 Å². The third-order valence-corrected chi connectivity index (χ3v) is 3.49. The summed E-state index contributed by atoms with van der Waals surface area (Å²) in [5.74, 6) is 0.0145. The molecule has 1 atom stereocenters. The summed E-state index contributed by atoms with van der Waals surface area (Å²) in [4.78, 5) is 13.5. The zero-order valence-electron chi connectivity index (χ0n) is 11.2. The zero-order valence-corrected chi connectivity index (χ0v) is 11.9. The van der Waals surface area contributed by atoms with E-state index < -0.39 is 6.10 Å². The van der Waals surface area contributed by atoms with Gasteiger partial charge in [0.1, 0.15) is 0 Å². The Morgan fingerprint density at radius 2 is 2.26 bits per heavy atom. The van der Waals surface area contributed by atoms with E-state index in [1.807, 2.05) is 24.1 Å². The molecular formula is C14H19ClN2O2. The second-order valence-electron chi connectivity index (χ2n) is 5.08. The number of hydrogen-bond donors (Lipinski definition) is 2. The predicted molar refractivity (Wildman–Crippen MR) is 76.5 cm³/mol. The fourth-order valence-electron chi connectivity index (χ4n) is 1.89. The van der Waals surface area contributed by atoms with Gasteiger partial charge in [-0.05, 0) is 37.5 Å². The molecule has 1 amide bonds. The summed E-state index contributed by atoms with van der Waals surface area (Å²) >= 11 is 6.19. The van der Waals surface area contributed by atoms with E-state index in [-0.39, 0.29) is 12.5 Å². The molecule has 4 nitrogen and oxygen atoms in total. The first kappa shape index (κ1) is 14.2. The van der Waals surface area contributed by atoms with Crippen LogP contribution in [0.3, 0.4) is 0 Å². The predicted octanol–water partition coefficient (Wildman–Crippen LogP) is 2.11. The topological polar surface area (TPSA) is 52.6 Å². The van der Waals surface area contributed by atoms with Crippen molar-refractivity contribution in [2.24, 2.45) is 0 Å². The summed E-state index contributed by atoms with van der Waals surface area (Å²) in [5.41, 5.74) is 1.56. The average Bonchev–Trinajstić information content (AvgIpc) is 3.12. The summed E-state index contributed by atoms with van der Waals surface area (Å²) in [6.07, 6.45) is 1.62. The van der Waals surface area contributed by atoms with E-state index in [1.54, 1.807) is 13.0 Å². The average molecular weight is 283 g/mol. The van der Waals surface area contributed by atoms with Crippen LogP contribution in [0.2, 0.25) is 5.02 Å². The van der Waals surface area contributed by atoms with Crippen molar-refractivity contribution in [3.8, 4) is 0 Å². The lowest BCUT2D eigenvalue weighted by Gasteiger charge is -2.21. The fourth-order valence-corrected chi connectivity index (χ4v) is 2.23. The Morgan fingerprint density at radius 3 is 2.79 bits per heavy atom. The number of aliphatic hydroxyl groups excluding tert-OH is 1. The minimum atomic E-state index is -0.546. The molecular weight excluding hydrogens is 264 g/mol. The van der Waals surface area contributed by atoms with Crippen molar-refractivity contribution >= 4 is 23.2 Å². The van der Waals surface area contributed by atoms with Gasteiger partial charge in [-0.2, -0.15) is 0 Å². The van der Waals surface area contributed by atoms with Crippen molar-refractivity contribution in [2.45, 2.75) is 31.9 Å². The zero-order chi connectivity index (χ0) is 14.0. The Labute approximate surface area is 118 Å². The third-order valence-electron chi connectivity index (χ3n) is 3.19. The monoisotopic (exact) mass is 282 g/mol. The Hall–Kier alpha value is -1.26. The van der Waals surface area contributed by atoms with Gasteiger partial charge < -0.3 is 15.3 Å². The van der Waals surface area contributed by atoms with E-state index >= 15 is 0 Å². The molecule has 0 saturated heterocycles. The van der Waals surface area contributed by atoms with Crippen LogP contribution in [0.1, 0.15) is 31.4 Å². The fraction of sp³-hybridized carbons (Fsp3) is 0.500. The SMILES string of the molecule is C[C@H](O)c1ccc(N(C)CC(=O)NC2CC2)c(Cl)c1. The highest BCUT2D eigenvalue weighted by atomic mass is 35.5. The first-order valence-corrected chi connectivity index (χ1v) is 6.83. The van der Waals surface area contributed by atoms with Gasteiger partial charge >= 0.3 is 0 Å². The van der Waals surface area contributed by atoms with Crippen LogP contribution in [-0.2, 0) is 4.79 Å². The number of likely N-dealkylation sites (N-methyl/N-ethyl adjacent to an activating group) is 1. The van der Waals surface area contributed by atoms with Gasteiger partial charge in [-0.15, -0.1) is 0 Å². The Kier molecular flexibility index (Phi) is 4.32. The van der Waals surface area contributed by atoms with Gasteiger partial charge in [0.2, 0.25) is 5.91 Å². The molecule has 0 radical (unpaired) electrons. The van der Waals surface area contributed by atoms with Crippen molar-refractivity contribution < 1.29 is 9.90 Å². The van der Waals surface area contributed by atoms with Gasteiger partial charge in [0.15, 0.2) is 0 Å². The number of nitrogens with one attached hydrogen (secondary N) is 1. The number of halogens is 1. The molecule has 0 heterocycles.